The van der Waals surface area contributed by atoms with E-state index in [1.54, 1.807) is 18.3 Å². The molecule has 0 atom stereocenters. The van der Waals surface area contributed by atoms with Crippen LogP contribution in [0, 0.1) is 5.82 Å². The first kappa shape index (κ1) is 13.9. The van der Waals surface area contributed by atoms with Crippen molar-refractivity contribution >= 4 is 44.1 Å². The molecule has 122 valence electrons. The van der Waals surface area contributed by atoms with Crippen molar-refractivity contribution in [1.82, 2.24) is 15.0 Å². The second-order valence-electron chi connectivity index (χ2n) is 6.00. The summed E-state index contributed by atoms with van der Waals surface area (Å²) in [6, 6.07) is 12.2. The van der Waals surface area contributed by atoms with Crippen LogP contribution < -0.4 is 10.9 Å². The molecule has 0 unspecified atom stereocenters. The molecule has 25 heavy (non-hydrogen) atoms. The van der Waals surface area contributed by atoms with Gasteiger partial charge in [0.25, 0.3) is 5.56 Å². The first-order chi connectivity index (χ1) is 12.2. The molecule has 2 aromatic carbocycles. The van der Waals surface area contributed by atoms with Gasteiger partial charge in [0.05, 0.1) is 16.4 Å². The molecule has 0 aliphatic carbocycles. The summed E-state index contributed by atoms with van der Waals surface area (Å²) in [4.78, 5) is 21.2. The van der Waals surface area contributed by atoms with Gasteiger partial charge in [0.1, 0.15) is 11.6 Å². The SMILES string of the molecule is O=c1[nH]cc2[nH]c3c4cc(Nc5cccc(F)c5)[nH]cc4ccc3c12. The Morgan fingerprint density at radius 1 is 0.960 bits per heavy atom. The number of pyridine rings is 1. The van der Waals surface area contributed by atoms with Gasteiger partial charge in [0.2, 0.25) is 0 Å². The molecule has 4 N–H and O–H groups in total. The van der Waals surface area contributed by atoms with E-state index in [2.05, 4.69) is 20.3 Å². The largest absolute Gasteiger partial charge is 0.353 e. The highest BCUT2D eigenvalue weighted by Crippen LogP contribution is 2.30. The molecule has 0 aliphatic heterocycles. The molecule has 0 aliphatic rings. The van der Waals surface area contributed by atoms with Crippen LogP contribution in [-0.4, -0.2) is 15.0 Å². The molecule has 5 aromatic rings. The van der Waals surface area contributed by atoms with E-state index < -0.39 is 0 Å². The van der Waals surface area contributed by atoms with Crippen molar-refractivity contribution in [3.8, 4) is 0 Å². The summed E-state index contributed by atoms with van der Waals surface area (Å²) in [6.07, 6.45) is 3.57. The molecular formula is C19H13FN4O. The van der Waals surface area contributed by atoms with Crippen LogP contribution in [-0.2, 0) is 0 Å². The summed E-state index contributed by atoms with van der Waals surface area (Å²) in [7, 11) is 0. The van der Waals surface area contributed by atoms with Crippen LogP contribution in [0.25, 0.3) is 32.6 Å². The van der Waals surface area contributed by atoms with Crippen molar-refractivity contribution < 1.29 is 4.39 Å². The van der Waals surface area contributed by atoms with Gasteiger partial charge < -0.3 is 20.3 Å². The monoisotopic (exact) mass is 332 g/mol. The molecule has 0 saturated carbocycles. The normalized spacial score (nSPS) is 11.6. The fourth-order valence-electron chi connectivity index (χ4n) is 3.30. The van der Waals surface area contributed by atoms with Gasteiger partial charge in [-0.1, -0.05) is 18.2 Å². The van der Waals surface area contributed by atoms with Gasteiger partial charge in [-0.05, 0) is 29.7 Å². The Labute approximate surface area is 140 Å². The van der Waals surface area contributed by atoms with Crippen molar-refractivity contribution in [2.24, 2.45) is 0 Å². The van der Waals surface area contributed by atoms with E-state index in [9.17, 15) is 9.18 Å². The lowest BCUT2D eigenvalue weighted by Gasteiger charge is -2.09. The third kappa shape index (κ3) is 2.11. The van der Waals surface area contributed by atoms with Crippen LogP contribution >= 0.6 is 0 Å². The average molecular weight is 332 g/mol. The van der Waals surface area contributed by atoms with E-state index in [0.29, 0.717) is 11.1 Å². The third-order valence-corrected chi connectivity index (χ3v) is 4.43. The lowest BCUT2D eigenvalue weighted by atomic mass is 10.1. The van der Waals surface area contributed by atoms with Crippen LogP contribution in [0.4, 0.5) is 15.9 Å². The zero-order valence-electron chi connectivity index (χ0n) is 13.0. The molecule has 0 fully saturated rings. The predicted molar refractivity (Wildman–Crippen MR) is 98.0 cm³/mol. The molecule has 0 radical (unpaired) electrons. The van der Waals surface area contributed by atoms with E-state index in [1.807, 2.05) is 24.4 Å². The zero-order valence-corrected chi connectivity index (χ0v) is 13.0. The number of fused-ring (bicyclic) bond motifs is 5. The fourth-order valence-corrected chi connectivity index (χ4v) is 3.30. The van der Waals surface area contributed by atoms with Crippen molar-refractivity contribution in [2.75, 3.05) is 5.32 Å². The van der Waals surface area contributed by atoms with Crippen LogP contribution in [0.3, 0.4) is 0 Å². The van der Waals surface area contributed by atoms with Crippen molar-refractivity contribution in [3.05, 3.63) is 71.0 Å². The minimum Gasteiger partial charge on any atom is -0.353 e. The second kappa shape index (κ2) is 4.98. The fraction of sp³-hybridized carbons (Fsp3) is 0. The van der Waals surface area contributed by atoms with Gasteiger partial charge in [-0.3, -0.25) is 4.79 Å². The number of hydrogen-bond acceptors (Lipinski definition) is 2. The molecule has 0 saturated heterocycles. The molecule has 0 amide bonds. The van der Waals surface area contributed by atoms with Crippen molar-refractivity contribution in [3.63, 3.8) is 0 Å². The maximum absolute atomic E-state index is 13.4. The summed E-state index contributed by atoms with van der Waals surface area (Å²) >= 11 is 0. The minimum absolute atomic E-state index is 0.0961. The van der Waals surface area contributed by atoms with Gasteiger partial charge in [-0.2, -0.15) is 0 Å². The van der Waals surface area contributed by atoms with E-state index in [1.165, 1.54) is 12.1 Å². The number of rotatable bonds is 2. The number of aromatic nitrogens is 3. The number of nitrogens with one attached hydrogen (secondary N) is 4. The third-order valence-electron chi connectivity index (χ3n) is 4.43. The van der Waals surface area contributed by atoms with E-state index in [0.717, 1.165) is 33.0 Å². The highest BCUT2D eigenvalue weighted by molar-refractivity contribution is 6.17. The molecular weight excluding hydrogens is 319 g/mol. The number of hydrogen-bond donors (Lipinski definition) is 4. The summed E-state index contributed by atoms with van der Waals surface area (Å²) in [6.45, 7) is 0. The van der Waals surface area contributed by atoms with Crippen LogP contribution in [0.5, 0.6) is 0 Å². The Morgan fingerprint density at radius 2 is 1.88 bits per heavy atom. The number of benzene rings is 2. The van der Waals surface area contributed by atoms with Crippen molar-refractivity contribution in [2.45, 2.75) is 0 Å². The van der Waals surface area contributed by atoms with Gasteiger partial charge >= 0.3 is 0 Å². The topological polar surface area (TPSA) is 76.5 Å². The molecule has 5 rings (SSSR count). The lowest BCUT2D eigenvalue weighted by Crippen LogP contribution is -1.96. The van der Waals surface area contributed by atoms with Gasteiger partial charge in [-0.25, -0.2) is 4.39 Å². The maximum Gasteiger partial charge on any atom is 0.258 e. The first-order valence-corrected chi connectivity index (χ1v) is 7.86. The average Bonchev–Trinajstić information content (AvgIpc) is 3.15. The zero-order chi connectivity index (χ0) is 17.0. The van der Waals surface area contributed by atoms with Crippen LogP contribution in [0.1, 0.15) is 0 Å². The highest BCUT2D eigenvalue weighted by atomic mass is 19.1. The standard InChI is InChI=1S/C19H13FN4O/c20-11-2-1-3-12(6-11)23-16-7-14-10(8-21-16)4-5-13-17-15(24-18(13)14)9-22-19(17)25/h1-9,21,23-24H,(H,22,25). The van der Waals surface area contributed by atoms with Crippen LogP contribution in [0.2, 0.25) is 0 Å². The molecule has 6 heteroatoms. The Bertz CT molecular complexity index is 1310. The van der Waals surface area contributed by atoms with E-state index in [-0.39, 0.29) is 11.4 Å². The summed E-state index contributed by atoms with van der Waals surface area (Å²) in [5, 5.41) is 6.71. The Morgan fingerprint density at radius 3 is 2.76 bits per heavy atom. The maximum atomic E-state index is 13.4. The Kier molecular flexibility index (Phi) is 2.76. The van der Waals surface area contributed by atoms with Crippen molar-refractivity contribution in [1.29, 1.82) is 0 Å². The number of H-pyrrole nitrogens is 3. The van der Waals surface area contributed by atoms with E-state index in [4.69, 9.17) is 0 Å². The second-order valence-corrected chi connectivity index (χ2v) is 6.00. The molecule has 3 aromatic heterocycles. The van der Waals surface area contributed by atoms with Crippen LogP contribution in [0.15, 0.2) is 59.7 Å². The number of halogens is 1. The first-order valence-electron chi connectivity index (χ1n) is 7.86. The molecule has 5 nitrogen and oxygen atoms in total. The lowest BCUT2D eigenvalue weighted by molar-refractivity contribution is 0.628. The quantitative estimate of drug-likeness (QED) is 0.387. The Balaban J connectivity index is 1.71. The Hall–Kier alpha value is -3.54. The summed E-state index contributed by atoms with van der Waals surface area (Å²) in [5.41, 5.74) is 2.26. The summed E-state index contributed by atoms with van der Waals surface area (Å²) in [5.74, 6) is 0.435. The minimum atomic E-state index is -0.296. The molecule has 0 bridgehead atoms. The number of aromatic amines is 3. The summed E-state index contributed by atoms with van der Waals surface area (Å²) < 4.78 is 13.4. The van der Waals surface area contributed by atoms with E-state index >= 15 is 0 Å². The highest BCUT2D eigenvalue weighted by Gasteiger charge is 2.12. The van der Waals surface area contributed by atoms with Gasteiger partial charge in [0.15, 0.2) is 0 Å². The molecule has 3 heterocycles. The van der Waals surface area contributed by atoms with Gasteiger partial charge in [0, 0.05) is 28.9 Å². The molecule has 0 spiro atoms. The smallest absolute Gasteiger partial charge is 0.258 e. The predicted octanol–water partition coefficient (Wildman–Crippen LogP) is 4.37. The number of anilines is 2. The van der Waals surface area contributed by atoms with Gasteiger partial charge in [-0.15, -0.1) is 0 Å².